The van der Waals surface area contributed by atoms with Gasteiger partial charge in [-0.2, -0.15) is 0 Å². The Morgan fingerprint density at radius 1 is 1.19 bits per heavy atom. The van der Waals surface area contributed by atoms with Crippen molar-refractivity contribution in [3.05, 3.63) is 36.9 Å². The number of anilines is 1. The lowest BCUT2D eigenvalue weighted by atomic mass is 10.2. The van der Waals surface area contributed by atoms with E-state index in [0.29, 0.717) is 18.8 Å². The van der Waals surface area contributed by atoms with Crippen LogP contribution >= 0.6 is 0 Å². The maximum atomic E-state index is 5.80. The first kappa shape index (κ1) is 12.2. The van der Waals surface area contributed by atoms with Crippen molar-refractivity contribution in [2.24, 2.45) is 0 Å². The van der Waals surface area contributed by atoms with Gasteiger partial charge in [0, 0.05) is 18.9 Å². The van der Waals surface area contributed by atoms with E-state index >= 15 is 0 Å². The minimum atomic E-state index is -0.111. The fourth-order valence-electron chi connectivity index (χ4n) is 2.49. The summed E-state index contributed by atoms with van der Waals surface area (Å²) in [6, 6.07) is 0. The largest absolute Gasteiger partial charge is 0.368 e. The van der Waals surface area contributed by atoms with Gasteiger partial charge in [0.05, 0.1) is 31.4 Å². The van der Waals surface area contributed by atoms with Crippen LogP contribution in [-0.4, -0.2) is 49.6 Å². The average molecular weight is 283 g/mol. The Hall–Kier alpha value is -2.61. The molecule has 1 N–H and O–H groups in total. The molecule has 1 aliphatic heterocycles. The van der Waals surface area contributed by atoms with Crippen molar-refractivity contribution < 1.29 is 4.74 Å². The van der Waals surface area contributed by atoms with Crippen LogP contribution in [-0.2, 0) is 4.74 Å². The number of aromatic nitrogens is 6. The van der Waals surface area contributed by atoms with E-state index in [4.69, 9.17) is 4.74 Å². The molecule has 4 heterocycles. The van der Waals surface area contributed by atoms with Crippen LogP contribution in [0.1, 0.15) is 11.8 Å². The van der Waals surface area contributed by atoms with E-state index in [0.717, 1.165) is 23.6 Å². The van der Waals surface area contributed by atoms with Crippen molar-refractivity contribution in [2.75, 3.05) is 24.6 Å². The molecule has 0 saturated carbocycles. The lowest BCUT2D eigenvalue weighted by molar-refractivity contribution is 0.0366. The van der Waals surface area contributed by atoms with Gasteiger partial charge >= 0.3 is 0 Å². The van der Waals surface area contributed by atoms with E-state index in [1.807, 2.05) is 0 Å². The molecule has 8 nitrogen and oxygen atoms in total. The van der Waals surface area contributed by atoms with Gasteiger partial charge in [0.2, 0.25) is 0 Å². The number of fused-ring (bicyclic) bond motifs is 1. The fourth-order valence-corrected chi connectivity index (χ4v) is 2.49. The molecule has 0 aromatic carbocycles. The minimum Gasteiger partial charge on any atom is -0.368 e. The van der Waals surface area contributed by atoms with Crippen LogP contribution in [0.5, 0.6) is 0 Å². The molecule has 3 aromatic heterocycles. The van der Waals surface area contributed by atoms with Gasteiger partial charge < -0.3 is 14.6 Å². The highest BCUT2D eigenvalue weighted by Crippen LogP contribution is 2.26. The number of nitrogens with zero attached hydrogens (tertiary/aromatic N) is 6. The zero-order chi connectivity index (χ0) is 14.1. The molecule has 0 amide bonds. The van der Waals surface area contributed by atoms with Crippen molar-refractivity contribution in [2.45, 2.75) is 6.10 Å². The van der Waals surface area contributed by atoms with Gasteiger partial charge in [0.15, 0.2) is 11.5 Å². The SMILES string of the molecule is c1cnc(C2CN(c3ncnc4nc[nH]c34)CCO2)cn1. The number of nitrogens with one attached hydrogen (secondary N) is 1. The monoisotopic (exact) mass is 283 g/mol. The normalized spacial score (nSPS) is 19.0. The number of aromatic amines is 1. The third-order valence-electron chi connectivity index (χ3n) is 3.48. The summed E-state index contributed by atoms with van der Waals surface area (Å²) in [7, 11) is 0. The van der Waals surface area contributed by atoms with E-state index in [9.17, 15) is 0 Å². The van der Waals surface area contributed by atoms with E-state index in [1.165, 1.54) is 6.33 Å². The Morgan fingerprint density at radius 2 is 2.19 bits per heavy atom. The molecule has 0 bridgehead atoms. The van der Waals surface area contributed by atoms with Gasteiger partial charge in [-0.05, 0) is 0 Å². The van der Waals surface area contributed by atoms with Gasteiger partial charge in [0.1, 0.15) is 17.9 Å². The van der Waals surface area contributed by atoms with Crippen LogP contribution in [0.15, 0.2) is 31.2 Å². The number of ether oxygens (including phenoxy) is 1. The Labute approximate surface area is 120 Å². The lowest BCUT2D eigenvalue weighted by Crippen LogP contribution is -2.39. The van der Waals surface area contributed by atoms with Crippen LogP contribution in [0.25, 0.3) is 11.2 Å². The fraction of sp³-hybridized carbons (Fsp3) is 0.308. The summed E-state index contributed by atoms with van der Waals surface area (Å²) in [5.74, 6) is 0.842. The number of H-pyrrole nitrogens is 1. The van der Waals surface area contributed by atoms with Gasteiger partial charge in [-0.15, -0.1) is 0 Å². The highest BCUT2D eigenvalue weighted by atomic mass is 16.5. The summed E-state index contributed by atoms with van der Waals surface area (Å²) in [6.45, 7) is 2.05. The number of hydrogen-bond acceptors (Lipinski definition) is 7. The van der Waals surface area contributed by atoms with Crippen LogP contribution < -0.4 is 4.90 Å². The summed E-state index contributed by atoms with van der Waals surface area (Å²) >= 11 is 0. The standard InChI is InChI=1S/C13H13N7O/c1-2-15-9(5-14-1)10-6-20(3-4-21-10)13-11-12(17-7-16-11)18-8-19-13/h1-2,5,7-8,10H,3-4,6H2,(H,16,17,18,19). The Bertz CT molecular complexity index is 744. The number of rotatable bonds is 2. The van der Waals surface area contributed by atoms with Crippen LogP contribution in [0, 0.1) is 0 Å². The summed E-state index contributed by atoms with van der Waals surface area (Å²) in [5.41, 5.74) is 2.34. The second-order valence-corrected chi connectivity index (χ2v) is 4.73. The number of hydrogen-bond donors (Lipinski definition) is 1. The van der Waals surface area contributed by atoms with Crippen molar-refractivity contribution >= 4 is 17.0 Å². The first-order valence-electron chi connectivity index (χ1n) is 6.68. The highest BCUT2D eigenvalue weighted by molar-refractivity contribution is 5.82. The molecule has 4 rings (SSSR count). The molecular formula is C13H13N7O. The Balaban J connectivity index is 1.65. The molecule has 1 atom stereocenters. The average Bonchev–Trinajstić information content (AvgIpc) is 3.04. The second-order valence-electron chi connectivity index (χ2n) is 4.73. The maximum absolute atomic E-state index is 5.80. The van der Waals surface area contributed by atoms with Crippen molar-refractivity contribution in [3.63, 3.8) is 0 Å². The third-order valence-corrected chi connectivity index (χ3v) is 3.48. The topological polar surface area (TPSA) is 92.7 Å². The third kappa shape index (κ3) is 2.19. The predicted octanol–water partition coefficient (Wildman–Crippen LogP) is 0.721. The predicted molar refractivity (Wildman–Crippen MR) is 74.6 cm³/mol. The molecule has 3 aromatic rings. The summed E-state index contributed by atoms with van der Waals surface area (Å²) in [6.07, 6.45) is 8.12. The molecule has 1 unspecified atom stereocenters. The molecule has 0 radical (unpaired) electrons. The van der Waals surface area contributed by atoms with Gasteiger partial charge in [-0.25, -0.2) is 15.0 Å². The van der Waals surface area contributed by atoms with E-state index in [-0.39, 0.29) is 6.10 Å². The molecule has 0 aliphatic carbocycles. The zero-order valence-electron chi connectivity index (χ0n) is 11.2. The number of imidazole rings is 1. The van der Waals surface area contributed by atoms with Crippen LogP contribution in [0.4, 0.5) is 5.82 Å². The Kier molecular flexibility index (Phi) is 2.93. The first-order chi connectivity index (χ1) is 10.4. The molecule has 1 aliphatic rings. The van der Waals surface area contributed by atoms with Gasteiger partial charge in [0.25, 0.3) is 0 Å². The Morgan fingerprint density at radius 3 is 3.10 bits per heavy atom. The van der Waals surface area contributed by atoms with Crippen LogP contribution in [0.3, 0.4) is 0 Å². The maximum Gasteiger partial charge on any atom is 0.182 e. The van der Waals surface area contributed by atoms with Crippen LogP contribution in [0.2, 0.25) is 0 Å². The number of morpholine rings is 1. The zero-order valence-corrected chi connectivity index (χ0v) is 11.2. The molecule has 21 heavy (non-hydrogen) atoms. The molecule has 1 fully saturated rings. The summed E-state index contributed by atoms with van der Waals surface area (Å²) in [5, 5.41) is 0. The molecule has 106 valence electrons. The van der Waals surface area contributed by atoms with E-state index < -0.39 is 0 Å². The van der Waals surface area contributed by atoms with Crippen molar-refractivity contribution in [1.82, 2.24) is 29.9 Å². The molecule has 1 saturated heterocycles. The molecular weight excluding hydrogens is 270 g/mol. The van der Waals surface area contributed by atoms with Gasteiger partial charge in [-0.1, -0.05) is 0 Å². The smallest absolute Gasteiger partial charge is 0.182 e. The molecule has 0 spiro atoms. The minimum absolute atomic E-state index is 0.111. The van der Waals surface area contributed by atoms with E-state index in [1.54, 1.807) is 24.9 Å². The van der Waals surface area contributed by atoms with Crippen molar-refractivity contribution in [3.8, 4) is 0 Å². The summed E-state index contributed by atoms with van der Waals surface area (Å²) in [4.78, 5) is 26.4. The molecule has 8 heteroatoms. The quantitative estimate of drug-likeness (QED) is 0.740. The summed E-state index contributed by atoms with van der Waals surface area (Å²) < 4.78 is 5.80. The first-order valence-corrected chi connectivity index (χ1v) is 6.68. The van der Waals surface area contributed by atoms with Crippen molar-refractivity contribution in [1.29, 1.82) is 0 Å². The van der Waals surface area contributed by atoms with Gasteiger partial charge in [-0.3, -0.25) is 9.97 Å². The van der Waals surface area contributed by atoms with E-state index in [2.05, 4.69) is 34.8 Å². The highest BCUT2D eigenvalue weighted by Gasteiger charge is 2.25. The second kappa shape index (κ2) is 5.06. The lowest BCUT2D eigenvalue weighted by Gasteiger charge is -2.33.